The van der Waals surface area contributed by atoms with Crippen LogP contribution in [-0.4, -0.2) is 42.0 Å². The Kier molecular flexibility index (Phi) is 9.77. The van der Waals surface area contributed by atoms with Gasteiger partial charge in [0.15, 0.2) is 0 Å². The normalized spacial score (nSPS) is 17.0. The van der Waals surface area contributed by atoms with Gasteiger partial charge in [-0.3, -0.25) is 14.4 Å². The van der Waals surface area contributed by atoms with E-state index in [1.54, 1.807) is 25.1 Å². The third kappa shape index (κ3) is 8.76. The monoisotopic (exact) mass is 588 g/mol. The van der Waals surface area contributed by atoms with Crippen molar-refractivity contribution in [3.8, 4) is 0 Å². The Bertz CT molecular complexity index is 1320. The van der Waals surface area contributed by atoms with Crippen LogP contribution in [0.15, 0.2) is 47.5 Å². The van der Waals surface area contributed by atoms with Crippen LogP contribution < -0.4 is 16.4 Å². The second-order valence-electron chi connectivity index (χ2n) is 9.66. The van der Waals surface area contributed by atoms with Crippen LogP contribution in [0.4, 0.5) is 36.4 Å². The predicted molar refractivity (Wildman–Crippen MR) is 135 cm³/mol. The van der Waals surface area contributed by atoms with Crippen LogP contribution in [-0.2, 0) is 14.4 Å². The SMILES string of the molecule is Cc1cccc2c1NC(=O)[C@@H](NC(=O)[C@H](CCCC(F)(F)F)[C@H](CCC(F)(F)F)C(N)=O)N=C2c1cccc(F)c1. The van der Waals surface area contributed by atoms with Gasteiger partial charge in [0.25, 0.3) is 5.91 Å². The van der Waals surface area contributed by atoms with Crippen LogP contribution in [0.1, 0.15) is 48.8 Å². The number of benzene rings is 2. The molecule has 14 heteroatoms. The van der Waals surface area contributed by atoms with E-state index >= 15 is 0 Å². The van der Waals surface area contributed by atoms with Gasteiger partial charge in [-0.05, 0) is 43.9 Å². The summed E-state index contributed by atoms with van der Waals surface area (Å²) in [6.07, 6.45) is -16.2. The predicted octanol–water partition coefficient (Wildman–Crippen LogP) is 5.16. The summed E-state index contributed by atoms with van der Waals surface area (Å²) in [6.45, 7) is 1.68. The van der Waals surface area contributed by atoms with E-state index in [4.69, 9.17) is 5.73 Å². The molecule has 2 aromatic rings. The van der Waals surface area contributed by atoms with Gasteiger partial charge in [-0.2, -0.15) is 26.3 Å². The number of carbonyl (C=O) groups excluding carboxylic acids is 3. The number of hydrogen-bond donors (Lipinski definition) is 3. The van der Waals surface area contributed by atoms with E-state index in [2.05, 4.69) is 15.6 Å². The number of nitrogens with one attached hydrogen (secondary N) is 2. The second kappa shape index (κ2) is 12.7. The van der Waals surface area contributed by atoms with Crippen LogP contribution in [0.5, 0.6) is 0 Å². The molecule has 0 bridgehead atoms. The highest BCUT2D eigenvalue weighted by Crippen LogP contribution is 2.32. The topological polar surface area (TPSA) is 114 Å². The molecular formula is C27H27F7N4O3. The van der Waals surface area contributed by atoms with E-state index in [9.17, 15) is 45.1 Å². The summed E-state index contributed by atoms with van der Waals surface area (Å²) in [7, 11) is 0. The summed E-state index contributed by atoms with van der Waals surface area (Å²) >= 11 is 0. The number of halogens is 7. The van der Waals surface area contributed by atoms with Crippen LogP contribution >= 0.6 is 0 Å². The van der Waals surface area contributed by atoms with Gasteiger partial charge in [0, 0.05) is 35.8 Å². The van der Waals surface area contributed by atoms with Gasteiger partial charge in [-0.1, -0.05) is 30.3 Å². The van der Waals surface area contributed by atoms with E-state index in [0.717, 1.165) is 6.07 Å². The van der Waals surface area contributed by atoms with Crippen molar-refractivity contribution in [2.24, 2.45) is 22.6 Å². The Hall–Kier alpha value is -3.97. The van der Waals surface area contributed by atoms with E-state index in [0.29, 0.717) is 16.8 Å². The molecule has 1 heterocycles. The van der Waals surface area contributed by atoms with E-state index in [1.165, 1.54) is 18.2 Å². The number of nitrogens with zero attached hydrogens (tertiary/aromatic N) is 1. The first kappa shape index (κ1) is 31.6. The molecule has 7 nitrogen and oxygen atoms in total. The molecular weight excluding hydrogens is 561 g/mol. The van der Waals surface area contributed by atoms with Gasteiger partial charge in [0.2, 0.25) is 18.0 Å². The number of anilines is 1. The van der Waals surface area contributed by atoms with Crippen molar-refractivity contribution < 1.29 is 45.1 Å². The highest BCUT2D eigenvalue weighted by atomic mass is 19.4. The Labute approximate surface area is 230 Å². The average molecular weight is 589 g/mol. The third-order valence-electron chi connectivity index (χ3n) is 6.56. The van der Waals surface area contributed by atoms with Gasteiger partial charge in [0.05, 0.1) is 11.4 Å². The van der Waals surface area contributed by atoms with Crippen molar-refractivity contribution in [1.29, 1.82) is 0 Å². The zero-order chi connectivity index (χ0) is 30.5. The number of primary amides is 1. The maximum absolute atomic E-state index is 14.1. The summed E-state index contributed by atoms with van der Waals surface area (Å²) in [5.74, 6) is -7.47. The number of para-hydroxylation sites is 1. The first-order valence-electron chi connectivity index (χ1n) is 12.5. The highest BCUT2D eigenvalue weighted by Gasteiger charge is 2.39. The van der Waals surface area contributed by atoms with Crippen molar-refractivity contribution in [3.05, 3.63) is 65.0 Å². The molecule has 3 amide bonds. The number of amides is 3. The number of alkyl halides is 6. The number of hydrogen-bond acceptors (Lipinski definition) is 4. The zero-order valence-electron chi connectivity index (χ0n) is 21.7. The molecule has 0 unspecified atom stereocenters. The van der Waals surface area contributed by atoms with Gasteiger partial charge < -0.3 is 16.4 Å². The Balaban J connectivity index is 1.99. The lowest BCUT2D eigenvalue weighted by atomic mass is 9.83. The molecule has 41 heavy (non-hydrogen) atoms. The Morgan fingerprint density at radius 1 is 1.00 bits per heavy atom. The first-order valence-corrected chi connectivity index (χ1v) is 12.5. The van der Waals surface area contributed by atoms with Crippen LogP contribution in [0, 0.1) is 24.6 Å². The summed E-state index contributed by atoms with van der Waals surface area (Å²) in [5.41, 5.74) is 6.88. The largest absolute Gasteiger partial charge is 0.389 e. The molecule has 0 fully saturated rings. The number of aliphatic imine (C=N–C) groups is 1. The van der Waals surface area contributed by atoms with E-state index in [-0.39, 0.29) is 11.3 Å². The van der Waals surface area contributed by atoms with Gasteiger partial charge in [-0.15, -0.1) is 0 Å². The third-order valence-corrected chi connectivity index (χ3v) is 6.56. The molecule has 3 rings (SSSR count). The maximum Gasteiger partial charge on any atom is 0.389 e. The quantitative estimate of drug-likeness (QED) is 0.333. The fourth-order valence-corrected chi connectivity index (χ4v) is 4.58. The summed E-state index contributed by atoms with van der Waals surface area (Å²) in [4.78, 5) is 42.9. The molecule has 0 saturated carbocycles. The molecule has 222 valence electrons. The number of nitrogens with two attached hydrogens (primary N) is 1. The second-order valence-corrected chi connectivity index (χ2v) is 9.66. The number of carbonyl (C=O) groups is 3. The summed E-state index contributed by atoms with van der Waals surface area (Å²) in [6, 6.07) is 10.1. The highest BCUT2D eigenvalue weighted by molar-refractivity contribution is 6.20. The summed E-state index contributed by atoms with van der Waals surface area (Å²) < 4.78 is 91.2. The Morgan fingerprint density at radius 2 is 1.66 bits per heavy atom. The van der Waals surface area contributed by atoms with E-state index in [1.807, 2.05) is 0 Å². The number of fused-ring (bicyclic) bond motifs is 1. The van der Waals surface area contributed by atoms with Crippen molar-refractivity contribution in [3.63, 3.8) is 0 Å². The number of rotatable bonds is 10. The standard InChI is InChI=1S/C27H27F7N4O3/c1-14-5-2-8-19-20(14)37-25(41)23(36-21(19)15-6-3-7-16(28)13-15)38-24(40)18(9-4-11-26(29,30)31)17(22(35)39)10-12-27(32,33)34/h2-3,5-8,13,17-18,23H,4,9-12H2,1H3,(H2,35,39)(H,37,41)(H,38,40)/t17-,18+,23+/m0/s1. The molecule has 3 atom stereocenters. The molecule has 0 saturated heterocycles. The fourth-order valence-electron chi connectivity index (χ4n) is 4.58. The van der Waals surface area contributed by atoms with Crippen molar-refractivity contribution in [2.45, 2.75) is 57.5 Å². The molecule has 4 N–H and O–H groups in total. The zero-order valence-corrected chi connectivity index (χ0v) is 21.7. The summed E-state index contributed by atoms with van der Waals surface area (Å²) in [5, 5.41) is 4.86. The lowest BCUT2D eigenvalue weighted by Gasteiger charge is -2.26. The molecule has 0 aliphatic carbocycles. The van der Waals surface area contributed by atoms with Crippen molar-refractivity contribution >= 4 is 29.1 Å². The minimum atomic E-state index is -4.73. The van der Waals surface area contributed by atoms with Crippen LogP contribution in [0.25, 0.3) is 0 Å². The van der Waals surface area contributed by atoms with Gasteiger partial charge >= 0.3 is 12.4 Å². The minimum absolute atomic E-state index is 0.0870. The molecule has 1 aliphatic heterocycles. The smallest absolute Gasteiger partial charge is 0.369 e. The minimum Gasteiger partial charge on any atom is -0.369 e. The van der Waals surface area contributed by atoms with Gasteiger partial charge in [-0.25, -0.2) is 9.38 Å². The van der Waals surface area contributed by atoms with Crippen LogP contribution in [0.3, 0.4) is 0 Å². The lowest BCUT2D eigenvalue weighted by molar-refractivity contribution is -0.147. The van der Waals surface area contributed by atoms with Crippen molar-refractivity contribution in [2.75, 3.05) is 5.32 Å². The Morgan fingerprint density at radius 3 is 2.27 bits per heavy atom. The average Bonchev–Trinajstić information content (AvgIpc) is 2.98. The molecule has 2 aromatic carbocycles. The number of aryl methyl sites for hydroxylation is 1. The van der Waals surface area contributed by atoms with Crippen molar-refractivity contribution in [1.82, 2.24) is 5.32 Å². The molecule has 1 aliphatic rings. The fraction of sp³-hybridized carbons (Fsp3) is 0.407. The lowest BCUT2D eigenvalue weighted by Crippen LogP contribution is -2.48. The molecule has 0 aromatic heterocycles. The maximum atomic E-state index is 14.1. The first-order chi connectivity index (χ1) is 19.1. The van der Waals surface area contributed by atoms with Crippen LogP contribution in [0.2, 0.25) is 0 Å². The van der Waals surface area contributed by atoms with Gasteiger partial charge in [0.1, 0.15) is 5.82 Å². The molecule has 0 spiro atoms. The molecule has 0 radical (unpaired) electrons. The number of benzodiazepines with no additional fused rings is 1. The van der Waals surface area contributed by atoms with E-state index < -0.39 is 86.0 Å².